The van der Waals surface area contributed by atoms with Crippen LogP contribution in [-0.4, -0.2) is 102 Å². The molecule has 0 atom stereocenters. The maximum absolute atomic E-state index is 8.52. The quantitative estimate of drug-likeness (QED) is 0.406. The van der Waals surface area contributed by atoms with E-state index < -0.39 is 18.3 Å². The fourth-order valence-electron chi connectivity index (χ4n) is 0. The van der Waals surface area contributed by atoms with Crippen LogP contribution in [0, 0.1) is 0 Å². The van der Waals surface area contributed by atoms with Crippen molar-refractivity contribution in [1.82, 2.24) is 0 Å². The molecule has 48 valence electrons. The van der Waals surface area contributed by atoms with Gasteiger partial charge in [0.05, 0.1) is 0 Å². The first-order valence-corrected chi connectivity index (χ1v) is 3.67. The molecule has 0 heterocycles. The Labute approximate surface area is 127 Å². The van der Waals surface area contributed by atoms with Gasteiger partial charge in [0, 0.05) is 18.3 Å². The monoisotopic (exact) mass is 280 g/mol. The molecule has 0 radical (unpaired) electrons. The van der Waals surface area contributed by atoms with Crippen LogP contribution in [0.1, 0.15) is 0 Å². The topological polar surface area (TPSA) is 126 Å². The summed E-state index contributed by atoms with van der Waals surface area (Å²) in [6, 6.07) is 0. The Morgan fingerprint density at radius 3 is 0.800 bits per heavy atom. The van der Waals surface area contributed by atoms with E-state index in [1.807, 2.05) is 0 Å². The summed E-state index contributed by atoms with van der Waals surface area (Å²) in [5.74, 6) is 0. The second-order valence-corrected chi connectivity index (χ2v) is 1.50. The summed E-state index contributed by atoms with van der Waals surface area (Å²) in [5.41, 5.74) is 0. The Morgan fingerprint density at radius 2 is 0.800 bits per heavy atom. The molecule has 0 saturated heterocycles. The van der Waals surface area contributed by atoms with E-state index in [9.17, 15) is 0 Å². The van der Waals surface area contributed by atoms with E-state index in [4.69, 9.17) is 28.1 Å². The molecule has 0 aromatic carbocycles. The third kappa shape index (κ3) is 206. The Kier molecular flexibility index (Phi) is 38.9. The van der Waals surface area contributed by atoms with Gasteiger partial charge in [-0.1, -0.05) is 0 Å². The van der Waals surface area contributed by atoms with Crippen molar-refractivity contribution in [1.29, 1.82) is 0 Å². The molecule has 0 saturated carbocycles. The molecule has 0 amide bonds. The molecule has 0 rings (SSSR count). The first-order valence-electron chi connectivity index (χ1n) is 1.22. The molecule has 10 heteroatoms. The smallest absolute Gasteiger partial charge is 0.672 e. The SMILES string of the molecule is O=[Si]([O-])[O-].O=[Si]([O-])[O-].[Ca+2].[Sr+2]. The Hall–Kier alpha value is 1.97. The molecule has 10 heavy (non-hydrogen) atoms. The zero-order valence-corrected chi connectivity index (χ0v) is 12.5. The van der Waals surface area contributed by atoms with Gasteiger partial charge in [-0.2, -0.15) is 0 Å². The molecular weight excluding hydrogens is 280 g/mol. The van der Waals surface area contributed by atoms with Gasteiger partial charge in [0.25, 0.3) is 0 Å². The minimum Gasteiger partial charge on any atom is -0.672 e. The molecule has 0 N–H and O–H groups in total. The molecule has 0 bridgehead atoms. The van der Waals surface area contributed by atoms with Crippen LogP contribution in [0.5, 0.6) is 0 Å². The van der Waals surface area contributed by atoms with Crippen molar-refractivity contribution in [3.63, 3.8) is 0 Å². The van der Waals surface area contributed by atoms with Gasteiger partial charge >= 0.3 is 83.2 Å². The van der Waals surface area contributed by atoms with E-state index in [0.717, 1.165) is 0 Å². The molecule has 0 fully saturated rings. The van der Waals surface area contributed by atoms with Crippen LogP contribution < -0.4 is 19.2 Å². The fourth-order valence-corrected chi connectivity index (χ4v) is 0. The average Bonchev–Trinajstić information content (AvgIpc) is 1.25. The second-order valence-electron chi connectivity index (χ2n) is 0.500. The number of rotatable bonds is 0. The summed E-state index contributed by atoms with van der Waals surface area (Å²) in [7, 11) is -7.26. The van der Waals surface area contributed by atoms with Crippen LogP contribution >= 0.6 is 0 Å². The van der Waals surface area contributed by atoms with Gasteiger partial charge in [-0.05, 0) is 0 Å². The van der Waals surface area contributed by atoms with E-state index in [2.05, 4.69) is 0 Å². The summed E-state index contributed by atoms with van der Waals surface area (Å²) in [5, 5.41) is 0. The van der Waals surface area contributed by atoms with Crippen LogP contribution in [0.4, 0.5) is 0 Å². The normalized spacial score (nSPS) is 4.80. The molecule has 0 spiro atoms. The molecule has 0 aliphatic carbocycles. The van der Waals surface area contributed by atoms with Gasteiger partial charge < -0.3 is 28.1 Å². The van der Waals surface area contributed by atoms with Crippen LogP contribution in [0.15, 0.2) is 0 Å². The molecule has 0 unspecified atom stereocenters. The summed E-state index contributed by atoms with van der Waals surface area (Å²) in [6.07, 6.45) is 0. The third-order valence-corrected chi connectivity index (χ3v) is 0. The maximum atomic E-state index is 8.52. The Balaban J connectivity index is -0.0000000300. The van der Waals surface area contributed by atoms with Crippen LogP contribution in [0.2, 0.25) is 0 Å². The van der Waals surface area contributed by atoms with E-state index in [-0.39, 0.29) is 83.2 Å². The van der Waals surface area contributed by atoms with Crippen molar-refractivity contribution >= 4 is 102 Å². The number of hydrogen-bond acceptors (Lipinski definition) is 6. The van der Waals surface area contributed by atoms with Gasteiger partial charge in [0.15, 0.2) is 0 Å². The second kappa shape index (κ2) is 17.2. The third-order valence-electron chi connectivity index (χ3n) is 0. The van der Waals surface area contributed by atoms with Gasteiger partial charge in [0.1, 0.15) is 0 Å². The maximum Gasteiger partial charge on any atom is 2.00 e. The largest absolute Gasteiger partial charge is 2.00 e. The van der Waals surface area contributed by atoms with Crippen molar-refractivity contribution < 1.29 is 28.1 Å². The summed E-state index contributed by atoms with van der Waals surface area (Å²) in [6.45, 7) is 0. The predicted molar refractivity (Wildman–Crippen MR) is 24.4 cm³/mol. The first-order chi connectivity index (χ1) is 3.46. The van der Waals surface area contributed by atoms with Crippen molar-refractivity contribution in [2.75, 3.05) is 0 Å². The van der Waals surface area contributed by atoms with E-state index in [1.165, 1.54) is 0 Å². The zero-order chi connectivity index (χ0) is 7.15. The van der Waals surface area contributed by atoms with E-state index in [0.29, 0.717) is 0 Å². The molecule has 0 aromatic heterocycles. The molecular formula is CaO6Si2Sr. The summed E-state index contributed by atoms with van der Waals surface area (Å²) < 4.78 is 17.0. The van der Waals surface area contributed by atoms with E-state index in [1.54, 1.807) is 0 Å². The minimum absolute atomic E-state index is 0. The molecule has 6 nitrogen and oxygen atoms in total. The van der Waals surface area contributed by atoms with Gasteiger partial charge in [-0.15, -0.1) is 0 Å². The van der Waals surface area contributed by atoms with Gasteiger partial charge in [-0.3, -0.25) is 0 Å². The van der Waals surface area contributed by atoms with Crippen LogP contribution in [0.25, 0.3) is 0 Å². The van der Waals surface area contributed by atoms with Crippen molar-refractivity contribution in [3.8, 4) is 0 Å². The van der Waals surface area contributed by atoms with Crippen LogP contribution in [0.3, 0.4) is 0 Å². The average molecular weight is 280 g/mol. The Morgan fingerprint density at radius 1 is 0.800 bits per heavy atom. The fraction of sp³-hybridized carbons (Fsp3) is 0. The van der Waals surface area contributed by atoms with Crippen LogP contribution in [-0.2, 0) is 8.92 Å². The summed E-state index contributed by atoms with van der Waals surface area (Å²) >= 11 is 0. The molecule has 0 aromatic rings. The van der Waals surface area contributed by atoms with Crippen molar-refractivity contribution in [3.05, 3.63) is 0 Å². The first kappa shape index (κ1) is 22.7. The van der Waals surface area contributed by atoms with Gasteiger partial charge in [-0.25, -0.2) is 0 Å². The Bertz CT molecular complexity index is 73.7. The van der Waals surface area contributed by atoms with Crippen molar-refractivity contribution in [2.45, 2.75) is 0 Å². The minimum atomic E-state index is -3.63. The summed E-state index contributed by atoms with van der Waals surface area (Å²) in [4.78, 5) is 34.1. The van der Waals surface area contributed by atoms with Gasteiger partial charge in [0.2, 0.25) is 0 Å². The predicted octanol–water partition coefficient (Wildman–Crippen LogP) is -6.52. The molecule has 0 aliphatic rings. The zero-order valence-electron chi connectivity index (χ0n) is 4.86. The standard InChI is InChI=1S/Ca.2O3Si.Sr/c;2*1-4(2)3;/q+2;2*-2;+2. The number of hydrogen-bond donors (Lipinski definition) is 0. The van der Waals surface area contributed by atoms with Crippen molar-refractivity contribution in [2.24, 2.45) is 0 Å². The molecule has 0 aliphatic heterocycles. The van der Waals surface area contributed by atoms with E-state index >= 15 is 0 Å².